The molecule has 21 heavy (non-hydrogen) atoms. The number of hydrogen-bond donors (Lipinski definition) is 1. The van der Waals surface area contributed by atoms with Crippen LogP contribution in [0.15, 0.2) is 18.5 Å². The molecule has 0 atom stereocenters. The number of amides is 2. The Kier molecular flexibility index (Phi) is 5.72. The predicted molar refractivity (Wildman–Crippen MR) is 80.5 cm³/mol. The number of carbonyl (C=O) groups excluding carboxylic acids is 2. The van der Waals surface area contributed by atoms with Crippen LogP contribution in [0.5, 0.6) is 0 Å². The number of nitrogens with zero attached hydrogens (tertiary/aromatic N) is 2. The summed E-state index contributed by atoms with van der Waals surface area (Å²) in [4.78, 5) is 29.6. The Morgan fingerprint density at radius 1 is 1.38 bits per heavy atom. The van der Waals surface area contributed by atoms with E-state index in [4.69, 9.17) is 0 Å². The third kappa shape index (κ3) is 4.85. The van der Waals surface area contributed by atoms with Crippen molar-refractivity contribution in [2.24, 2.45) is 0 Å². The fraction of sp³-hybridized carbons (Fsp3) is 0.562. The van der Waals surface area contributed by atoms with Crippen molar-refractivity contribution in [2.45, 2.75) is 45.6 Å². The molecule has 0 radical (unpaired) electrons. The minimum atomic E-state index is -0.0109. The molecule has 1 N–H and O–H groups in total. The molecule has 0 bridgehead atoms. The van der Waals surface area contributed by atoms with E-state index < -0.39 is 0 Å². The van der Waals surface area contributed by atoms with Gasteiger partial charge in [0.05, 0.1) is 0 Å². The van der Waals surface area contributed by atoms with Crippen LogP contribution in [0.4, 0.5) is 0 Å². The molecule has 1 aromatic rings. The topological polar surface area (TPSA) is 62.3 Å². The van der Waals surface area contributed by atoms with Gasteiger partial charge in [-0.05, 0) is 37.0 Å². The van der Waals surface area contributed by atoms with Gasteiger partial charge in [-0.1, -0.05) is 6.42 Å². The average molecular weight is 289 g/mol. The summed E-state index contributed by atoms with van der Waals surface area (Å²) in [6.45, 7) is 3.81. The molecule has 1 aliphatic heterocycles. The molecule has 5 nitrogen and oxygen atoms in total. The van der Waals surface area contributed by atoms with Gasteiger partial charge in [-0.2, -0.15) is 0 Å². The second-order valence-corrected chi connectivity index (χ2v) is 5.52. The molecule has 2 amide bonds. The molecule has 2 heterocycles. The Bertz CT molecular complexity index is 502. The fourth-order valence-electron chi connectivity index (χ4n) is 2.49. The Hall–Kier alpha value is -1.91. The number of hydrogen-bond acceptors (Lipinski definition) is 3. The van der Waals surface area contributed by atoms with Crippen molar-refractivity contribution in [1.29, 1.82) is 0 Å². The highest BCUT2D eigenvalue weighted by molar-refractivity contribution is 5.79. The summed E-state index contributed by atoms with van der Waals surface area (Å²) in [6.07, 6.45) is 7.64. The van der Waals surface area contributed by atoms with E-state index >= 15 is 0 Å². The molecule has 1 aromatic heterocycles. The van der Waals surface area contributed by atoms with E-state index in [-0.39, 0.29) is 11.8 Å². The first kappa shape index (κ1) is 15.5. The van der Waals surface area contributed by atoms with E-state index in [0.29, 0.717) is 25.9 Å². The zero-order valence-corrected chi connectivity index (χ0v) is 12.6. The molecule has 1 aliphatic rings. The van der Waals surface area contributed by atoms with Crippen LogP contribution in [0.3, 0.4) is 0 Å². The Balaban J connectivity index is 1.74. The molecular formula is C16H23N3O2. The summed E-state index contributed by atoms with van der Waals surface area (Å²) in [5, 5.41) is 2.91. The number of aryl methyl sites for hydroxylation is 1. The number of nitrogens with one attached hydrogen (secondary N) is 1. The van der Waals surface area contributed by atoms with Gasteiger partial charge in [-0.25, -0.2) is 0 Å². The number of aromatic nitrogens is 1. The minimum Gasteiger partial charge on any atom is -0.352 e. The van der Waals surface area contributed by atoms with Gasteiger partial charge in [-0.3, -0.25) is 14.6 Å². The number of carbonyl (C=O) groups is 2. The van der Waals surface area contributed by atoms with Gasteiger partial charge in [0, 0.05) is 44.9 Å². The molecule has 1 fully saturated rings. The standard InChI is InChI=1S/C16H23N3O2/c1-13-11-17-8-6-14(13)12-18-15(20)7-10-19-9-4-2-3-5-16(19)21/h6,8,11H,2-5,7,9-10,12H2,1H3,(H,18,20). The molecule has 5 heteroatoms. The highest BCUT2D eigenvalue weighted by Gasteiger charge is 2.17. The zero-order chi connectivity index (χ0) is 15.1. The lowest BCUT2D eigenvalue weighted by Gasteiger charge is -2.20. The van der Waals surface area contributed by atoms with Gasteiger partial charge < -0.3 is 10.2 Å². The van der Waals surface area contributed by atoms with E-state index in [1.54, 1.807) is 12.4 Å². The molecule has 0 saturated carbocycles. The Morgan fingerprint density at radius 3 is 3.05 bits per heavy atom. The molecule has 0 unspecified atom stereocenters. The van der Waals surface area contributed by atoms with Gasteiger partial charge >= 0.3 is 0 Å². The maximum absolute atomic E-state index is 11.9. The van der Waals surface area contributed by atoms with E-state index in [1.807, 2.05) is 17.9 Å². The first-order chi connectivity index (χ1) is 10.2. The van der Waals surface area contributed by atoms with Gasteiger partial charge in [-0.15, -0.1) is 0 Å². The van der Waals surface area contributed by atoms with Crippen LogP contribution in [0.2, 0.25) is 0 Å². The number of pyridine rings is 1. The summed E-state index contributed by atoms with van der Waals surface area (Å²) < 4.78 is 0. The highest BCUT2D eigenvalue weighted by Crippen LogP contribution is 2.11. The third-order valence-corrected chi connectivity index (χ3v) is 3.89. The first-order valence-electron chi connectivity index (χ1n) is 7.61. The van der Waals surface area contributed by atoms with Crippen LogP contribution in [-0.2, 0) is 16.1 Å². The minimum absolute atomic E-state index is 0.0109. The summed E-state index contributed by atoms with van der Waals surface area (Å²) >= 11 is 0. The molecule has 2 rings (SSSR count). The normalized spacial score (nSPS) is 15.7. The lowest BCUT2D eigenvalue weighted by atomic mass is 10.1. The maximum atomic E-state index is 11.9. The second kappa shape index (κ2) is 7.76. The van der Waals surface area contributed by atoms with Crippen LogP contribution < -0.4 is 5.32 Å². The van der Waals surface area contributed by atoms with Crippen LogP contribution in [0, 0.1) is 6.92 Å². The zero-order valence-electron chi connectivity index (χ0n) is 12.6. The lowest BCUT2D eigenvalue weighted by molar-refractivity contribution is -0.131. The molecule has 0 aliphatic carbocycles. The van der Waals surface area contributed by atoms with E-state index in [1.165, 1.54) is 0 Å². The fourth-order valence-corrected chi connectivity index (χ4v) is 2.49. The summed E-state index contributed by atoms with van der Waals surface area (Å²) in [5.41, 5.74) is 2.14. The van der Waals surface area contributed by atoms with Crippen molar-refractivity contribution < 1.29 is 9.59 Å². The average Bonchev–Trinajstić information content (AvgIpc) is 2.69. The Labute approximate surface area is 125 Å². The van der Waals surface area contributed by atoms with Crippen LogP contribution in [0.1, 0.15) is 43.2 Å². The number of rotatable bonds is 5. The summed E-state index contributed by atoms with van der Waals surface area (Å²) in [7, 11) is 0. The smallest absolute Gasteiger partial charge is 0.222 e. The lowest BCUT2D eigenvalue weighted by Crippen LogP contribution is -2.34. The van der Waals surface area contributed by atoms with Crippen molar-refractivity contribution in [3.05, 3.63) is 29.6 Å². The molecule has 1 saturated heterocycles. The number of likely N-dealkylation sites (tertiary alicyclic amines) is 1. The van der Waals surface area contributed by atoms with Gasteiger partial charge in [0.1, 0.15) is 0 Å². The van der Waals surface area contributed by atoms with Crippen molar-refractivity contribution in [2.75, 3.05) is 13.1 Å². The Morgan fingerprint density at radius 2 is 2.24 bits per heavy atom. The summed E-state index contributed by atoms with van der Waals surface area (Å²) in [6, 6.07) is 1.91. The molecule has 0 spiro atoms. The quantitative estimate of drug-likeness (QED) is 0.899. The highest BCUT2D eigenvalue weighted by atomic mass is 16.2. The SMILES string of the molecule is Cc1cnccc1CNC(=O)CCN1CCCCCC1=O. The van der Waals surface area contributed by atoms with Gasteiger partial charge in [0.25, 0.3) is 0 Å². The van der Waals surface area contributed by atoms with Crippen LogP contribution in [-0.4, -0.2) is 34.8 Å². The van der Waals surface area contributed by atoms with Crippen LogP contribution in [0.25, 0.3) is 0 Å². The predicted octanol–water partition coefficient (Wildman–Crippen LogP) is 1.80. The van der Waals surface area contributed by atoms with Crippen molar-refractivity contribution >= 4 is 11.8 Å². The van der Waals surface area contributed by atoms with Crippen molar-refractivity contribution in [3.8, 4) is 0 Å². The molecular weight excluding hydrogens is 266 g/mol. The maximum Gasteiger partial charge on any atom is 0.222 e. The molecule has 114 valence electrons. The second-order valence-electron chi connectivity index (χ2n) is 5.52. The van der Waals surface area contributed by atoms with Crippen LogP contribution >= 0.6 is 0 Å². The first-order valence-corrected chi connectivity index (χ1v) is 7.61. The van der Waals surface area contributed by atoms with E-state index in [2.05, 4.69) is 10.3 Å². The largest absolute Gasteiger partial charge is 0.352 e. The van der Waals surface area contributed by atoms with Crippen molar-refractivity contribution in [1.82, 2.24) is 15.2 Å². The summed E-state index contributed by atoms with van der Waals surface area (Å²) in [5.74, 6) is 0.175. The van der Waals surface area contributed by atoms with Gasteiger partial charge in [0.15, 0.2) is 0 Å². The van der Waals surface area contributed by atoms with Gasteiger partial charge in [0.2, 0.25) is 11.8 Å². The van der Waals surface area contributed by atoms with E-state index in [9.17, 15) is 9.59 Å². The van der Waals surface area contributed by atoms with E-state index in [0.717, 1.165) is 36.9 Å². The third-order valence-electron chi connectivity index (χ3n) is 3.89. The monoisotopic (exact) mass is 289 g/mol. The molecule has 0 aromatic carbocycles. The van der Waals surface area contributed by atoms with Crippen molar-refractivity contribution in [3.63, 3.8) is 0 Å².